The third-order valence-electron chi connectivity index (χ3n) is 6.72. The number of carbonyl (C=O) groups excluding carboxylic acids is 1. The van der Waals surface area contributed by atoms with Gasteiger partial charge in [0.05, 0.1) is 23.0 Å². The molecule has 0 bridgehead atoms. The first-order chi connectivity index (χ1) is 19.1. The Morgan fingerprint density at radius 2 is 2.00 bits per heavy atom. The van der Waals surface area contributed by atoms with Gasteiger partial charge in [0.15, 0.2) is 5.69 Å². The van der Waals surface area contributed by atoms with Crippen LogP contribution < -0.4 is 10.9 Å². The second-order valence-electron chi connectivity index (χ2n) is 9.56. The molecule has 2 aromatic carbocycles. The van der Waals surface area contributed by atoms with Crippen LogP contribution in [0.5, 0.6) is 0 Å². The van der Waals surface area contributed by atoms with Crippen LogP contribution in [0.15, 0.2) is 65.7 Å². The topological polar surface area (TPSA) is 116 Å². The number of hydrogen-bond acceptors (Lipinski definition) is 5. The van der Waals surface area contributed by atoms with Crippen LogP contribution >= 0.6 is 0 Å². The molecule has 0 radical (unpaired) electrons. The SMILES string of the molecule is N#Cc1cccc(-n2nc(C(F)(F)F)cc2C(=O)Nc2cc(C(CCC3CC3)c3ncc[nH]c3=O)ccc2F)c1. The minimum atomic E-state index is -4.86. The highest BCUT2D eigenvalue weighted by Gasteiger charge is 2.36. The normalized spacial score (nSPS) is 14.0. The average molecular weight is 551 g/mol. The Hall–Kier alpha value is -4.79. The lowest BCUT2D eigenvalue weighted by atomic mass is 9.90. The van der Waals surface area contributed by atoms with Gasteiger partial charge in [0.25, 0.3) is 11.5 Å². The molecule has 2 N–H and O–H groups in total. The number of benzene rings is 2. The lowest BCUT2D eigenvalue weighted by Crippen LogP contribution is -2.20. The molecule has 1 fully saturated rings. The van der Waals surface area contributed by atoms with E-state index in [2.05, 4.69) is 20.4 Å². The van der Waals surface area contributed by atoms with Crippen LogP contribution in [-0.2, 0) is 6.18 Å². The molecule has 1 aliphatic carbocycles. The Morgan fingerprint density at radius 3 is 2.70 bits per heavy atom. The van der Waals surface area contributed by atoms with E-state index < -0.39 is 35.2 Å². The number of nitriles is 1. The molecule has 1 unspecified atom stereocenters. The molecule has 40 heavy (non-hydrogen) atoms. The van der Waals surface area contributed by atoms with Gasteiger partial charge in [0, 0.05) is 24.4 Å². The van der Waals surface area contributed by atoms with E-state index in [0.29, 0.717) is 24.0 Å². The van der Waals surface area contributed by atoms with Crippen molar-refractivity contribution in [1.29, 1.82) is 5.26 Å². The van der Waals surface area contributed by atoms with Crippen LogP contribution in [0.2, 0.25) is 0 Å². The molecule has 0 spiro atoms. The summed E-state index contributed by atoms with van der Waals surface area (Å²) in [5, 5.41) is 15.1. The molecule has 4 aromatic rings. The maximum Gasteiger partial charge on any atom is 0.435 e. The van der Waals surface area contributed by atoms with E-state index in [1.54, 1.807) is 0 Å². The second-order valence-corrected chi connectivity index (χ2v) is 9.56. The number of carbonyl (C=O) groups is 1. The molecular weight excluding hydrogens is 528 g/mol. The highest BCUT2D eigenvalue weighted by Crippen LogP contribution is 2.38. The molecule has 2 aromatic heterocycles. The van der Waals surface area contributed by atoms with Crippen molar-refractivity contribution in [2.45, 2.75) is 37.8 Å². The van der Waals surface area contributed by atoms with Crippen molar-refractivity contribution in [1.82, 2.24) is 19.7 Å². The largest absolute Gasteiger partial charge is 0.435 e. The maximum atomic E-state index is 14.9. The fourth-order valence-electron chi connectivity index (χ4n) is 4.51. The predicted molar refractivity (Wildman–Crippen MR) is 136 cm³/mol. The first-order valence-corrected chi connectivity index (χ1v) is 12.5. The lowest BCUT2D eigenvalue weighted by Gasteiger charge is -2.18. The van der Waals surface area contributed by atoms with Gasteiger partial charge in [0.1, 0.15) is 17.2 Å². The number of alkyl halides is 3. The Labute approximate surface area is 225 Å². The molecule has 1 aliphatic rings. The van der Waals surface area contributed by atoms with Crippen LogP contribution in [0.3, 0.4) is 0 Å². The predicted octanol–water partition coefficient (Wildman–Crippen LogP) is 5.56. The zero-order valence-electron chi connectivity index (χ0n) is 20.9. The summed E-state index contributed by atoms with van der Waals surface area (Å²) >= 11 is 0. The number of hydrogen-bond donors (Lipinski definition) is 2. The highest BCUT2D eigenvalue weighted by molar-refractivity contribution is 6.03. The number of halogens is 4. The Bertz CT molecular complexity index is 1670. The molecule has 0 aliphatic heterocycles. The maximum absolute atomic E-state index is 14.9. The number of aromatic nitrogens is 4. The summed E-state index contributed by atoms with van der Waals surface area (Å²) in [5.41, 5.74) is -1.55. The van der Waals surface area contributed by atoms with Crippen molar-refractivity contribution in [2.24, 2.45) is 5.92 Å². The van der Waals surface area contributed by atoms with Crippen LogP contribution in [0.25, 0.3) is 5.69 Å². The van der Waals surface area contributed by atoms with Crippen molar-refractivity contribution < 1.29 is 22.4 Å². The summed E-state index contributed by atoms with van der Waals surface area (Å²) in [6.45, 7) is 0. The average Bonchev–Trinajstić information content (AvgIpc) is 3.64. The number of aromatic amines is 1. The van der Waals surface area contributed by atoms with Gasteiger partial charge in [-0.1, -0.05) is 25.0 Å². The van der Waals surface area contributed by atoms with Gasteiger partial charge in [-0.25, -0.2) is 9.07 Å². The molecule has 1 saturated carbocycles. The minimum absolute atomic E-state index is 0.0449. The molecule has 1 amide bonds. The van der Waals surface area contributed by atoms with Crippen molar-refractivity contribution in [3.63, 3.8) is 0 Å². The summed E-state index contributed by atoms with van der Waals surface area (Å²) < 4.78 is 56.2. The van der Waals surface area contributed by atoms with Gasteiger partial charge in [-0.05, 0) is 54.7 Å². The molecule has 2 heterocycles. The molecule has 5 rings (SSSR count). The van der Waals surface area contributed by atoms with Gasteiger partial charge >= 0.3 is 6.18 Å². The van der Waals surface area contributed by atoms with Gasteiger partial charge in [-0.15, -0.1) is 0 Å². The van der Waals surface area contributed by atoms with Crippen molar-refractivity contribution in [3.8, 4) is 11.8 Å². The van der Waals surface area contributed by atoms with Gasteiger partial charge < -0.3 is 10.3 Å². The first-order valence-electron chi connectivity index (χ1n) is 12.5. The minimum Gasteiger partial charge on any atom is -0.326 e. The molecule has 8 nitrogen and oxygen atoms in total. The van der Waals surface area contributed by atoms with Crippen LogP contribution in [0.4, 0.5) is 23.2 Å². The monoisotopic (exact) mass is 550 g/mol. The fourth-order valence-corrected chi connectivity index (χ4v) is 4.51. The second kappa shape index (κ2) is 10.8. The molecule has 12 heteroatoms. The summed E-state index contributed by atoms with van der Waals surface area (Å²) in [6, 6.07) is 12.0. The quantitative estimate of drug-likeness (QED) is 0.279. The van der Waals surface area contributed by atoms with Gasteiger partial charge in [-0.2, -0.15) is 23.5 Å². The van der Waals surface area contributed by atoms with Gasteiger partial charge in [-0.3, -0.25) is 14.6 Å². The van der Waals surface area contributed by atoms with E-state index in [4.69, 9.17) is 0 Å². The molecule has 1 atom stereocenters. The van der Waals surface area contributed by atoms with Crippen LogP contribution in [0, 0.1) is 23.1 Å². The number of nitrogens with zero attached hydrogens (tertiary/aromatic N) is 4. The van der Waals surface area contributed by atoms with E-state index in [1.807, 2.05) is 6.07 Å². The molecular formula is C28H22F4N6O2. The van der Waals surface area contributed by atoms with E-state index >= 15 is 0 Å². The summed E-state index contributed by atoms with van der Waals surface area (Å²) in [5.74, 6) is -1.81. The Morgan fingerprint density at radius 1 is 1.20 bits per heavy atom. The highest BCUT2D eigenvalue weighted by atomic mass is 19.4. The Kier molecular flexibility index (Phi) is 7.21. The number of H-pyrrole nitrogens is 1. The zero-order valence-corrected chi connectivity index (χ0v) is 20.9. The number of amides is 1. The van der Waals surface area contributed by atoms with E-state index in [9.17, 15) is 32.4 Å². The third kappa shape index (κ3) is 5.78. The number of anilines is 1. The summed E-state index contributed by atoms with van der Waals surface area (Å²) in [7, 11) is 0. The van der Waals surface area contributed by atoms with Crippen LogP contribution in [-0.4, -0.2) is 25.7 Å². The van der Waals surface area contributed by atoms with Crippen molar-refractivity contribution in [3.05, 3.63) is 105 Å². The van der Waals surface area contributed by atoms with E-state index in [-0.39, 0.29) is 28.2 Å². The standard InChI is InChI=1S/C28H22F4N6O2/c29-21-9-7-18(20(8-6-16-4-5-16)25-27(40)35-11-10-34-25)13-22(21)36-26(39)23-14-24(28(30,31)32)37-38(23)19-3-1-2-17(12-19)15-33/h1-3,7,9-14,16,20H,4-6,8H2,(H,35,40)(H,36,39). The van der Waals surface area contributed by atoms with E-state index in [1.165, 1.54) is 48.8 Å². The third-order valence-corrected chi connectivity index (χ3v) is 6.72. The fraction of sp³-hybridized carbons (Fsp3) is 0.250. The lowest BCUT2D eigenvalue weighted by molar-refractivity contribution is -0.141. The van der Waals surface area contributed by atoms with Crippen molar-refractivity contribution in [2.75, 3.05) is 5.32 Å². The van der Waals surface area contributed by atoms with Crippen LogP contribution in [0.1, 0.15) is 64.6 Å². The molecule has 204 valence electrons. The molecule has 0 saturated heterocycles. The number of nitrogens with one attached hydrogen (secondary N) is 2. The zero-order chi connectivity index (χ0) is 28.4. The number of rotatable bonds is 8. The summed E-state index contributed by atoms with van der Waals surface area (Å²) in [6.07, 6.45) is 1.60. The van der Waals surface area contributed by atoms with E-state index in [0.717, 1.165) is 30.0 Å². The summed E-state index contributed by atoms with van der Waals surface area (Å²) in [4.78, 5) is 32.6. The Balaban J connectivity index is 1.50. The van der Waals surface area contributed by atoms with Gasteiger partial charge in [0.2, 0.25) is 0 Å². The van der Waals surface area contributed by atoms with Crippen molar-refractivity contribution >= 4 is 11.6 Å². The smallest absolute Gasteiger partial charge is 0.326 e. The first kappa shape index (κ1) is 26.8.